The van der Waals surface area contributed by atoms with Crippen molar-refractivity contribution >= 4 is 5.91 Å². The van der Waals surface area contributed by atoms with Gasteiger partial charge < -0.3 is 14.8 Å². The highest BCUT2D eigenvalue weighted by molar-refractivity contribution is 5.93. The summed E-state index contributed by atoms with van der Waals surface area (Å²) in [6.45, 7) is 1.07. The Bertz CT molecular complexity index is 925. The number of aromatic nitrogens is 4. The molecule has 1 amide bonds. The number of pyridine rings is 1. The maximum atomic E-state index is 12.4. The van der Waals surface area contributed by atoms with Crippen LogP contribution in [0.5, 0.6) is 11.5 Å². The van der Waals surface area contributed by atoms with Crippen molar-refractivity contribution in [3.05, 3.63) is 60.3 Å². The average molecular weight is 365 g/mol. The van der Waals surface area contributed by atoms with Gasteiger partial charge in [-0.05, 0) is 30.2 Å². The summed E-state index contributed by atoms with van der Waals surface area (Å²) in [5.41, 5.74) is 1.60. The van der Waals surface area contributed by atoms with Gasteiger partial charge in [0.25, 0.3) is 5.91 Å². The van der Waals surface area contributed by atoms with Crippen LogP contribution in [0.15, 0.2) is 49.2 Å². The zero-order valence-electron chi connectivity index (χ0n) is 14.8. The molecule has 27 heavy (non-hydrogen) atoms. The van der Waals surface area contributed by atoms with Crippen LogP contribution in [0.4, 0.5) is 0 Å². The quantitative estimate of drug-likeness (QED) is 0.739. The lowest BCUT2D eigenvalue weighted by molar-refractivity contribution is 0.0938. The molecule has 3 aromatic rings. The Kier molecular flexibility index (Phi) is 4.69. The minimum Gasteiger partial charge on any atom is -0.493 e. The van der Waals surface area contributed by atoms with Gasteiger partial charge >= 0.3 is 0 Å². The highest BCUT2D eigenvalue weighted by atomic mass is 16.5. The minimum atomic E-state index is -0.158. The molecule has 0 saturated carbocycles. The Balaban J connectivity index is 1.35. The Morgan fingerprint density at radius 1 is 1.30 bits per heavy atom. The van der Waals surface area contributed by atoms with E-state index in [2.05, 4.69) is 20.5 Å². The molecule has 3 heterocycles. The van der Waals surface area contributed by atoms with Crippen LogP contribution in [0.1, 0.15) is 15.9 Å². The van der Waals surface area contributed by atoms with E-state index in [1.807, 2.05) is 18.2 Å². The maximum absolute atomic E-state index is 12.4. The van der Waals surface area contributed by atoms with Gasteiger partial charge in [0.2, 0.25) is 0 Å². The normalized spacial score (nSPS) is 15.5. The lowest BCUT2D eigenvalue weighted by Gasteiger charge is -2.26. The van der Waals surface area contributed by atoms with Crippen LogP contribution in [-0.2, 0) is 6.42 Å². The van der Waals surface area contributed by atoms with E-state index in [4.69, 9.17) is 9.47 Å². The number of amides is 1. The molecule has 2 aromatic heterocycles. The number of rotatable bonds is 5. The lowest BCUT2D eigenvalue weighted by atomic mass is 9.96. The third kappa shape index (κ3) is 3.59. The van der Waals surface area contributed by atoms with Crippen molar-refractivity contribution in [2.24, 2.45) is 5.92 Å². The second-order valence-corrected chi connectivity index (χ2v) is 6.31. The number of hydrogen-bond donors (Lipinski definition) is 1. The molecule has 0 unspecified atom stereocenters. The molecule has 8 heteroatoms. The number of carbonyl (C=O) groups excluding carboxylic acids is 1. The number of nitrogens with zero attached hydrogens (tertiary/aromatic N) is 4. The Hall–Kier alpha value is -3.42. The molecule has 0 fully saturated rings. The second-order valence-electron chi connectivity index (χ2n) is 6.31. The first-order valence-electron chi connectivity index (χ1n) is 8.62. The molecule has 4 rings (SSSR count). The van der Waals surface area contributed by atoms with Gasteiger partial charge in [-0.3, -0.25) is 9.36 Å². The van der Waals surface area contributed by atoms with E-state index in [0.29, 0.717) is 24.5 Å². The van der Waals surface area contributed by atoms with E-state index in [-0.39, 0.29) is 11.8 Å². The largest absolute Gasteiger partial charge is 0.493 e. The van der Waals surface area contributed by atoms with Crippen molar-refractivity contribution < 1.29 is 14.3 Å². The number of methoxy groups -OCH3 is 1. The van der Waals surface area contributed by atoms with Crippen LogP contribution < -0.4 is 14.8 Å². The van der Waals surface area contributed by atoms with Gasteiger partial charge in [-0.2, -0.15) is 0 Å². The molecule has 1 aliphatic rings. The van der Waals surface area contributed by atoms with Gasteiger partial charge in [0.1, 0.15) is 18.5 Å². The standard InChI is InChI=1S/C19H19N5O3/c1-26-16-4-2-3-14-7-13(10-27-18(14)16)8-21-19(25)15-5-6-17(20-9-15)24-11-22-23-12-24/h2-6,9,11-13H,7-8,10H2,1H3,(H,21,25)/t13-/m1/s1. The van der Waals surface area contributed by atoms with Crippen molar-refractivity contribution in [2.75, 3.05) is 20.3 Å². The number of para-hydroxylation sites is 1. The van der Waals surface area contributed by atoms with Crippen LogP contribution in [-0.4, -0.2) is 45.9 Å². The molecular weight excluding hydrogens is 346 g/mol. The molecular formula is C19H19N5O3. The molecule has 1 aromatic carbocycles. The summed E-state index contributed by atoms with van der Waals surface area (Å²) in [6, 6.07) is 9.35. The number of fused-ring (bicyclic) bond motifs is 1. The van der Waals surface area contributed by atoms with E-state index in [9.17, 15) is 4.79 Å². The van der Waals surface area contributed by atoms with Gasteiger partial charge in [-0.25, -0.2) is 4.98 Å². The smallest absolute Gasteiger partial charge is 0.252 e. The molecule has 0 spiro atoms. The second kappa shape index (κ2) is 7.45. The molecule has 1 atom stereocenters. The van der Waals surface area contributed by atoms with Gasteiger partial charge in [-0.15, -0.1) is 10.2 Å². The van der Waals surface area contributed by atoms with Crippen LogP contribution in [0, 0.1) is 5.92 Å². The lowest BCUT2D eigenvalue weighted by Crippen LogP contribution is -2.35. The van der Waals surface area contributed by atoms with E-state index in [0.717, 1.165) is 23.5 Å². The molecule has 1 N–H and O–H groups in total. The third-order valence-electron chi connectivity index (χ3n) is 4.50. The van der Waals surface area contributed by atoms with Crippen LogP contribution in [0.25, 0.3) is 5.82 Å². The molecule has 138 valence electrons. The summed E-state index contributed by atoms with van der Waals surface area (Å²) in [7, 11) is 1.63. The molecule has 0 bridgehead atoms. The number of hydrogen-bond acceptors (Lipinski definition) is 6. The van der Waals surface area contributed by atoms with Gasteiger partial charge in [-0.1, -0.05) is 12.1 Å². The fraction of sp³-hybridized carbons (Fsp3) is 0.263. The Morgan fingerprint density at radius 3 is 2.89 bits per heavy atom. The van der Waals surface area contributed by atoms with E-state index < -0.39 is 0 Å². The molecule has 8 nitrogen and oxygen atoms in total. The first-order chi connectivity index (χ1) is 13.2. The number of nitrogens with one attached hydrogen (secondary N) is 1. The zero-order chi connectivity index (χ0) is 18.6. The summed E-state index contributed by atoms with van der Waals surface area (Å²) in [4.78, 5) is 16.7. The maximum Gasteiger partial charge on any atom is 0.252 e. The van der Waals surface area contributed by atoms with Crippen molar-refractivity contribution in [2.45, 2.75) is 6.42 Å². The van der Waals surface area contributed by atoms with E-state index in [1.165, 1.54) is 0 Å². The zero-order valence-corrected chi connectivity index (χ0v) is 14.8. The summed E-state index contributed by atoms with van der Waals surface area (Å²) < 4.78 is 12.9. The first-order valence-corrected chi connectivity index (χ1v) is 8.62. The summed E-state index contributed by atoms with van der Waals surface area (Å²) in [5.74, 6) is 2.25. The minimum absolute atomic E-state index is 0.158. The predicted molar refractivity (Wildman–Crippen MR) is 97.2 cm³/mol. The Morgan fingerprint density at radius 2 is 2.15 bits per heavy atom. The van der Waals surface area contributed by atoms with Gasteiger partial charge in [0.15, 0.2) is 11.5 Å². The van der Waals surface area contributed by atoms with Crippen molar-refractivity contribution in [3.8, 4) is 17.3 Å². The topological polar surface area (TPSA) is 91.2 Å². The summed E-state index contributed by atoms with van der Waals surface area (Å²) >= 11 is 0. The highest BCUT2D eigenvalue weighted by Gasteiger charge is 2.23. The summed E-state index contributed by atoms with van der Waals surface area (Å²) in [6.07, 6.45) is 5.48. The molecule has 0 saturated heterocycles. The monoisotopic (exact) mass is 365 g/mol. The third-order valence-corrected chi connectivity index (χ3v) is 4.50. The fourth-order valence-corrected chi connectivity index (χ4v) is 3.08. The molecule has 0 aliphatic carbocycles. The number of benzene rings is 1. The number of carbonyl (C=O) groups is 1. The number of ether oxygens (including phenoxy) is 2. The fourth-order valence-electron chi connectivity index (χ4n) is 3.08. The van der Waals surface area contributed by atoms with Crippen molar-refractivity contribution in [3.63, 3.8) is 0 Å². The first kappa shape index (κ1) is 17.0. The predicted octanol–water partition coefficient (Wildman–Crippen LogP) is 1.65. The van der Waals surface area contributed by atoms with E-state index >= 15 is 0 Å². The van der Waals surface area contributed by atoms with Gasteiger partial charge in [0.05, 0.1) is 19.3 Å². The molecule has 1 aliphatic heterocycles. The SMILES string of the molecule is COc1cccc2c1OC[C@@H](CNC(=O)c1ccc(-n3cnnc3)nc1)C2. The Labute approximate surface area is 156 Å². The summed E-state index contributed by atoms with van der Waals surface area (Å²) in [5, 5.41) is 10.4. The van der Waals surface area contributed by atoms with Crippen molar-refractivity contribution in [1.29, 1.82) is 0 Å². The van der Waals surface area contributed by atoms with Gasteiger partial charge in [0, 0.05) is 18.7 Å². The van der Waals surface area contributed by atoms with Crippen LogP contribution >= 0.6 is 0 Å². The molecule has 0 radical (unpaired) electrons. The van der Waals surface area contributed by atoms with Crippen LogP contribution in [0.3, 0.4) is 0 Å². The van der Waals surface area contributed by atoms with Crippen LogP contribution in [0.2, 0.25) is 0 Å². The highest BCUT2D eigenvalue weighted by Crippen LogP contribution is 2.35. The average Bonchev–Trinajstić information content (AvgIpc) is 3.26. The van der Waals surface area contributed by atoms with E-state index in [1.54, 1.807) is 42.7 Å². The van der Waals surface area contributed by atoms with Crippen molar-refractivity contribution in [1.82, 2.24) is 25.1 Å².